The fourth-order valence-electron chi connectivity index (χ4n) is 3.10. The molecule has 150 valence electrons. The summed E-state index contributed by atoms with van der Waals surface area (Å²) in [5, 5.41) is 7.17. The normalized spacial score (nSPS) is 13.2. The second-order valence-electron chi connectivity index (χ2n) is 6.72. The smallest absolute Gasteiger partial charge is 0.346 e. The van der Waals surface area contributed by atoms with E-state index < -0.39 is 0 Å². The third-order valence-electron chi connectivity index (χ3n) is 4.68. The Morgan fingerprint density at radius 3 is 2.72 bits per heavy atom. The molecule has 1 amide bonds. The van der Waals surface area contributed by atoms with Crippen molar-refractivity contribution in [2.45, 2.75) is 25.4 Å². The summed E-state index contributed by atoms with van der Waals surface area (Å²) in [6, 6.07) is 8.83. The first-order chi connectivity index (χ1) is 14.1. The molecule has 0 unspecified atom stereocenters. The molecule has 1 N–H and O–H groups in total. The Morgan fingerprint density at radius 1 is 1.24 bits per heavy atom. The van der Waals surface area contributed by atoms with Gasteiger partial charge in [-0.05, 0) is 37.1 Å². The summed E-state index contributed by atoms with van der Waals surface area (Å²) in [6.07, 6.45) is 5.17. The van der Waals surface area contributed by atoms with Gasteiger partial charge in [-0.2, -0.15) is 0 Å². The number of aromatic nitrogens is 4. The van der Waals surface area contributed by atoms with Gasteiger partial charge in [0.15, 0.2) is 5.82 Å². The van der Waals surface area contributed by atoms with Crippen LogP contribution < -0.4 is 20.5 Å². The van der Waals surface area contributed by atoms with Gasteiger partial charge in [-0.25, -0.2) is 9.48 Å². The molecular formula is C20H21N5O4. The zero-order valence-electron chi connectivity index (χ0n) is 16.2. The van der Waals surface area contributed by atoms with E-state index in [-0.39, 0.29) is 24.2 Å². The molecule has 0 saturated heterocycles. The average Bonchev–Trinajstić information content (AvgIpc) is 3.53. The van der Waals surface area contributed by atoms with Crippen molar-refractivity contribution in [2.75, 3.05) is 19.5 Å². The number of rotatable bonds is 7. The Labute approximate surface area is 166 Å². The Kier molecular flexibility index (Phi) is 5.03. The summed E-state index contributed by atoms with van der Waals surface area (Å²) in [7, 11) is 3.06. The summed E-state index contributed by atoms with van der Waals surface area (Å²) in [5.41, 5.74) is 0.927. The van der Waals surface area contributed by atoms with Crippen molar-refractivity contribution in [3.05, 3.63) is 53.2 Å². The highest BCUT2D eigenvalue weighted by Crippen LogP contribution is 2.36. The van der Waals surface area contributed by atoms with Crippen LogP contribution >= 0.6 is 0 Å². The average molecular weight is 395 g/mol. The first-order valence-corrected chi connectivity index (χ1v) is 9.22. The summed E-state index contributed by atoms with van der Waals surface area (Å²) in [6.45, 7) is -0.207. The van der Waals surface area contributed by atoms with Crippen LogP contribution in [0.2, 0.25) is 0 Å². The van der Waals surface area contributed by atoms with E-state index in [1.54, 1.807) is 48.3 Å². The molecule has 0 aliphatic heterocycles. The molecule has 2 heterocycles. The van der Waals surface area contributed by atoms with E-state index in [2.05, 4.69) is 15.4 Å². The molecule has 0 radical (unpaired) electrons. The van der Waals surface area contributed by atoms with E-state index in [0.717, 1.165) is 18.4 Å². The molecule has 9 heteroatoms. The minimum atomic E-state index is -0.381. The van der Waals surface area contributed by atoms with Gasteiger partial charge in [-0.1, -0.05) is 0 Å². The number of carbonyl (C=O) groups excluding carboxylic acids is 1. The maximum atomic E-state index is 12.9. The molecule has 0 atom stereocenters. The topological polar surface area (TPSA) is 100 Å². The Morgan fingerprint density at radius 2 is 2.07 bits per heavy atom. The summed E-state index contributed by atoms with van der Waals surface area (Å²) in [4.78, 5) is 29.5. The van der Waals surface area contributed by atoms with Crippen molar-refractivity contribution < 1.29 is 14.3 Å². The zero-order chi connectivity index (χ0) is 20.4. The van der Waals surface area contributed by atoms with Crippen LogP contribution in [0.5, 0.6) is 11.5 Å². The van der Waals surface area contributed by atoms with Crippen molar-refractivity contribution in [3.8, 4) is 22.9 Å². The lowest BCUT2D eigenvalue weighted by molar-refractivity contribution is -0.117. The predicted molar refractivity (Wildman–Crippen MR) is 106 cm³/mol. The van der Waals surface area contributed by atoms with Gasteiger partial charge in [0.25, 0.3) is 0 Å². The van der Waals surface area contributed by atoms with Crippen molar-refractivity contribution in [3.63, 3.8) is 0 Å². The molecule has 3 aromatic rings. The molecule has 4 rings (SSSR count). The summed E-state index contributed by atoms with van der Waals surface area (Å²) in [5.74, 6) is 1.22. The van der Waals surface area contributed by atoms with Crippen LogP contribution in [0.4, 0.5) is 5.69 Å². The van der Waals surface area contributed by atoms with E-state index in [0.29, 0.717) is 23.0 Å². The molecule has 2 aromatic heterocycles. The lowest BCUT2D eigenvalue weighted by Crippen LogP contribution is -2.30. The zero-order valence-corrected chi connectivity index (χ0v) is 16.2. The molecule has 1 aromatic carbocycles. The molecule has 0 bridgehead atoms. The van der Waals surface area contributed by atoms with Gasteiger partial charge in [-0.3, -0.25) is 14.3 Å². The van der Waals surface area contributed by atoms with Gasteiger partial charge in [0.05, 0.1) is 19.9 Å². The summed E-state index contributed by atoms with van der Waals surface area (Å²) >= 11 is 0. The number of benzene rings is 1. The standard InChI is InChI=1S/C20H21N5O4/c1-28-15-7-8-16(17(10-15)29-2)22-18(26)12-24-20(27)25(14-5-6-14)19(23-24)13-4-3-9-21-11-13/h3-4,7-11,14H,5-6,12H2,1-2H3,(H,22,26). The second-order valence-corrected chi connectivity index (χ2v) is 6.72. The van der Waals surface area contributed by atoms with E-state index in [9.17, 15) is 9.59 Å². The number of hydrogen-bond donors (Lipinski definition) is 1. The maximum absolute atomic E-state index is 12.9. The second kappa shape index (κ2) is 7.78. The van der Waals surface area contributed by atoms with Crippen LogP contribution in [-0.2, 0) is 11.3 Å². The highest BCUT2D eigenvalue weighted by molar-refractivity contribution is 5.92. The lowest BCUT2D eigenvalue weighted by atomic mass is 10.2. The van der Waals surface area contributed by atoms with Gasteiger partial charge in [-0.15, -0.1) is 5.10 Å². The number of methoxy groups -OCH3 is 2. The van der Waals surface area contributed by atoms with Crippen LogP contribution in [0.3, 0.4) is 0 Å². The number of amides is 1. The van der Waals surface area contributed by atoms with E-state index in [1.165, 1.54) is 11.8 Å². The van der Waals surface area contributed by atoms with Crippen LogP contribution in [0.1, 0.15) is 18.9 Å². The van der Waals surface area contributed by atoms with E-state index >= 15 is 0 Å². The Hall–Kier alpha value is -3.62. The fraction of sp³-hybridized carbons (Fsp3) is 0.300. The highest BCUT2D eigenvalue weighted by atomic mass is 16.5. The molecule has 1 saturated carbocycles. The van der Waals surface area contributed by atoms with Crippen LogP contribution in [0.25, 0.3) is 11.4 Å². The number of nitrogens with zero attached hydrogens (tertiary/aromatic N) is 4. The van der Waals surface area contributed by atoms with Crippen LogP contribution in [0, 0.1) is 0 Å². The number of pyridine rings is 1. The molecule has 9 nitrogen and oxygen atoms in total. The molecule has 1 aliphatic rings. The molecule has 1 aliphatic carbocycles. The number of ether oxygens (including phenoxy) is 2. The maximum Gasteiger partial charge on any atom is 0.346 e. The SMILES string of the molecule is COc1ccc(NC(=O)Cn2nc(-c3cccnc3)n(C3CC3)c2=O)c(OC)c1. The van der Waals surface area contributed by atoms with Crippen molar-refractivity contribution >= 4 is 11.6 Å². The molecule has 29 heavy (non-hydrogen) atoms. The van der Waals surface area contributed by atoms with Crippen molar-refractivity contribution in [1.82, 2.24) is 19.3 Å². The third-order valence-corrected chi connectivity index (χ3v) is 4.68. The Bertz CT molecular complexity index is 1090. The van der Waals surface area contributed by atoms with Crippen LogP contribution in [0.15, 0.2) is 47.5 Å². The van der Waals surface area contributed by atoms with Crippen LogP contribution in [-0.4, -0.2) is 39.5 Å². The van der Waals surface area contributed by atoms with Gasteiger partial charge in [0.1, 0.15) is 18.0 Å². The first kappa shape index (κ1) is 18.7. The van der Waals surface area contributed by atoms with Gasteiger partial charge < -0.3 is 14.8 Å². The van der Waals surface area contributed by atoms with E-state index in [1.807, 2.05) is 6.07 Å². The molecule has 0 spiro atoms. The first-order valence-electron chi connectivity index (χ1n) is 9.22. The Balaban J connectivity index is 1.59. The van der Waals surface area contributed by atoms with Gasteiger partial charge in [0, 0.05) is 30.1 Å². The van der Waals surface area contributed by atoms with Gasteiger partial charge in [0.2, 0.25) is 5.91 Å². The predicted octanol–water partition coefficient (Wildman–Crippen LogP) is 2.10. The monoisotopic (exact) mass is 395 g/mol. The minimum absolute atomic E-state index is 0.121. The number of anilines is 1. The number of carbonyl (C=O) groups is 1. The summed E-state index contributed by atoms with van der Waals surface area (Å²) < 4.78 is 13.3. The third kappa shape index (κ3) is 3.84. The molecular weight excluding hydrogens is 374 g/mol. The highest BCUT2D eigenvalue weighted by Gasteiger charge is 2.30. The largest absolute Gasteiger partial charge is 0.497 e. The quantitative estimate of drug-likeness (QED) is 0.658. The fourth-order valence-corrected chi connectivity index (χ4v) is 3.10. The number of hydrogen-bond acceptors (Lipinski definition) is 6. The van der Waals surface area contributed by atoms with Crippen molar-refractivity contribution in [2.24, 2.45) is 0 Å². The number of nitrogens with one attached hydrogen (secondary N) is 1. The van der Waals surface area contributed by atoms with Gasteiger partial charge >= 0.3 is 5.69 Å². The van der Waals surface area contributed by atoms with E-state index in [4.69, 9.17) is 9.47 Å². The lowest BCUT2D eigenvalue weighted by Gasteiger charge is -2.11. The minimum Gasteiger partial charge on any atom is -0.497 e. The molecule has 1 fully saturated rings. The van der Waals surface area contributed by atoms with Crippen molar-refractivity contribution in [1.29, 1.82) is 0 Å².